The Morgan fingerprint density at radius 1 is 0.667 bits per heavy atom. The van der Waals surface area contributed by atoms with Gasteiger partial charge in [-0.1, -0.05) is 91.5 Å². The van der Waals surface area contributed by atoms with Crippen LogP contribution in [0.3, 0.4) is 0 Å². The summed E-state index contributed by atoms with van der Waals surface area (Å²) in [5, 5.41) is 0. The number of ether oxygens (including phenoxy) is 1. The maximum atomic E-state index is 5.81. The van der Waals surface area contributed by atoms with Gasteiger partial charge in [0.1, 0.15) is 12.4 Å². The first-order valence-corrected chi connectivity index (χ1v) is 8.01. The van der Waals surface area contributed by atoms with E-state index in [1.54, 1.807) is 0 Å². The van der Waals surface area contributed by atoms with Gasteiger partial charge in [0.2, 0.25) is 0 Å². The monoisotopic (exact) mass is 312 g/mol. The van der Waals surface area contributed by atoms with Crippen LogP contribution in [0.1, 0.15) is 22.3 Å². The van der Waals surface area contributed by atoms with Gasteiger partial charge in [0.15, 0.2) is 0 Å². The van der Waals surface area contributed by atoms with Gasteiger partial charge in [-0.15, -0.1) is 0 Å². The molecule has 0 saturated carbocycles. The first-order chi connectivity index (χ1) is 11.8. The van der Waals surface area contributed by atoms with E-state index in [4.69, 9.17) is 4.74 Å². The molecule has 0 saturated heterocycles. The average Bonchev–Trinajstić information content (AvgIpc) is 2.67. The highest BCUT2D eigenvalue weighted by molar-refractivity contribution is 5.69. The molecule has 118 valence electrons. The molecular weight excluding hydrogens is 292 g/mol. The summed E-state index contributed by atoms with van der Waals surface area (Å²) < 4.78 is 5.81. The fourth-order valence-corrected chi connectivity index (χ4v) is 2.35. The Balaban J connectivity index is 1.58. The summed E-state index contributed by atoms with van der Waals surface area (Å²) in [4.78, 5) is 0. The molecule has 0 aliphatic heterocycles. The molecule has 0 amide bonds. The maximum Gasteiger partial charge on any atom is 0.119 e. The third-order valence-electron chi connectivity index (χ3n) is 3.77. The quantitative estimate of drug-likeness (QED) is 0.501. The van der Waals surface area contributed by atoms with Gasteiger partial charge in [-0.05, 0) is 34.4 Å². The van der Waals surface area contributed by atoms with E-state index in [0.717, 1.165) is 16.9 Å². The van der Waals surface area contributed by atoms with Gasteiger partial charge in [-0.2, -0.15) is 0 Å². The molecule has 24 heavy (non-hydrogen) atoms. The van der Waals surface area contributed by atoms with Gasteiger partial charge in [-0.25, -0.2) is 0 Å². The predicted molar refractivity (Wildman–Crippen MR) is 103 cm³/mol. The summed E-state index contributed by atoms with van der Waals surface area (Å²) in [6.07, 6.45) is 6.06. The zero-order valence-corrected chi connectivity index (χ0v) is 13.6. The molecule has 3 aromatic rings. The van der Waals surface area contributed by atoms with Crippen molar-refractivity contribution in [1.82, 2.24) is 0 Å². The summed E-state index contributed by atoms with van der Waals surface area (Å²) in [6.45, 7) is 4.32. The third-order valence-corrected chi connectivity index (χ3v) is 3.77. The van der Waals surface area contributed by atoms with Crippen LogP contribution in [0.2, 0.25) is 0 Å². The van der Waals surface area contributed by atoms with Crippen molar-refractivity contribution in [3.05, 3.63) is 108 Å². The lowest BCUT2D eigenvalue weighted by Gasteiger charge is -2.07. The lowest BCUT2D eigenvalue weighted by Crippen LogP contribution is -1.95. The van der Waals surface area contributed by atoms with E-state index in [0.29, 0.717) is 6.61 Å². The third kappa shape index (κ3) is 4.47. The van der Waals surface area contributed by atoms with Crippen molar-refractivity contribution in [2.75, 3.05) is 0 Å². The summed E-state index contributed by atoms with van der Waals surface area (Å²) in [5.41, 5.74) is 4.63. The molecule has 0 N–H and O–H groups in total. The second-order valence-corrected chi connectivity index (χ2v) is 5.55. The van der Waals surface area contributed by atoms with Crippen molar-refractivity contribution in [3.63, 3.8) is 0 Å². The van der Waals surface area contributed by atoms with Crippen molar-refractivity contribution >= 4 is 18.2 Å². The fourth-order valence-electron chi connectivity index (χ4n) is 2.35. The topological polar surface area (TPSA) is 9.23 Å². The van der Waals surface area contributed by atoms with Crippen LogP contribution in [0.15, 0.2) is 85.4 Å². The summed E-state index contributed by atoms with van der Waals surface area (Å²) in [5.74, 6) is 0.869. The van der Waals surface area contributed by atoms with Crippen LogP contribution >= 0.6 is 0 Å². The maximum absolute atomic E-state index is 5.81. The molecule has 1 heteroatoms. The summed E-state index contributed by atoms with van der Waals surface area (Å²) in [6, 6.07) is 26.7. The van der Waals surface area contributed by atoms with E-state index in [2.05, 4.69) is 55.1 Å². The average molecular weight is 312 g/mol. The van der Waals surface area contributed by atoms with E-state index >= 15 is 0 Å². The lowest BCUT2D eigenvalue weighted by atomic mass is 10.1. The highest BCUT2D eigenvalue weighted by atomic mass is 16.5. The van der Waals surface area contributed by atoms with E-state index in [1.165, 1.54) is 11.1 Å². The normalized spacial score (nSPS) is 10.7. The first kappa shape index (κ1) is 15.8. The zero-order chi connectivity index (χ0) is 16.6. The van der Waals surface area contributed by atoms with Crippen LogP contribution in [0.5, 0.6) is 5.75 Å². The van der Waals surface area contributed by atoms with Gasteiger partial charge >= 0.3 is 0 Å². The van der Waals surface area contributed by atoms with Gasteiger partial charge in [0, 0.05) is 0 Å². The molecule has 0 aromatic heterocycles. The Labute approximate surface area is 143 Å². The molecule has 3 aromatic carbocycles. The Bertz CT molecular complexity index is 797. The molecule has 0 spiro atoms. The molecular formula is C23H20O. The highest BCUT2D eigenvalue weighted by Gasteiger charge is 1.97. The summed E-state index contributed by atoms with van der Waals surface area (Å²) in [7, 11) is 0. The van der Waals surface area contributed by atoms with Crippen molar-refractivity contribution in [2.24, 2.45) is 0 Å². The molecule has 0 heterocycles. The van der Waals surface area contributed by atoms with E-state index in [-0.39, 0.29) is 0 Å². The van der Waals surface area contributed by atoms with Crippen molar-refractivity contribution in [2.45, 2.75) is 6.61 Å². The smallest absolute Gasteiger partial charge is 0.119 e. The number of rotatable bonds is 6. The number of benzene rings is 3. The first-order valence-electron chi connectivity index (χ1n) is 8.01. The van der Waals surface area contributed by atoms with E-state index in [9.17, 15) is 0 Å². The molecule has 0 unspecified atom stereocenters. The minimum atomic E-state index is 0.566. The van der Waals surface area contributed by atoms with Crippen LogP contribution in [-0.4, -0.2) is 0 Å². The number of hydrogen-bond acceptors (Lipinski definition) is 1. The molecule has 3 rings (SSSR count). The Hall–Kier alpha value is -3.06. The lowest BCUT2D eigenvalue weighted by molar-refractivity contribution is 0.306. The van der Waals surface area contributed by atoms with Gasteiger partial charge < -0.3 is 4.74 Å². The van der Waals surface area contributed by atoms with E-state index in [1.807, 2.05) is 48.5 Å². The molecule has 0 fully saturated rings. The standard InChI is InChI=1S/C23H20O/c1-2-19-14-16-23(17-15-19)24-18-22-12-10-21(11-13-22)9-8-20-6-4-3-5-7-20/h2-17H,1,18H2/b9-8+. The molecule has 0 atom stereocenters. The minimum absolute atomic E-state index is 0.566. The highest BCUT2D eigenvalue weighted by Crippen LogP contribution is 2.16. The molecule has 0 aliphatic carbocycles. The van der Waals surface area contributed by atoms with Gasteiger partial charge in [-0.3, -0.25) is 0 Å². The van der Waals surface area contributed by atoms with Crippen molar-refractivity contribution < 1.29 is 4.74 Å². The van der Waals surface area contributed by atoms with Crippen LogP contribution in [0, 0.1) is 0 Å². The SMILES string of the molecule is C=Cc1ccc(OCc2ccc(/C=C/c3ccccc3)cc2)cc1. The van der Waals surface area contributed by atoms with Gasteiger partial charge in [0.05, 0.1) is 0 Å². The second kappa shape index (κ2) is 7.98. The van der Waals surface area contributed by atoms with Crippen LogP contribution in [0.25, 0.3) is 18.2 Å². The van der Waals surface area contributed by atoms with E-state index < -0.39 is 0 Å². The molecule has 0 aliphatic rings. The fraction of sp³-hybridized carbons (Fsp3) is 0.0435. The van der Waals surface area contributed by atoms with Crippen LogP contribution in [-0.2, 0) is 6.61 Å². The zero-order valence-electron chi connectivity index (χ0n) is 13.6. The Kier molecular flexibility index (Phi) is 5.26. The van der Waals surface area contributed by atoms with Crippen molar-refractivity contribution in [3.8, 4) is 5.75 Å². The van der Waals surface area contributed by atoms with Crippen LogP contribution < -0.4 is 4.74 Å². The Morgan fingerprint density at radius 2 is 1.25 bits per heavy atom. The minimum Gasteiger partial charge on any atom is -0.489 e. The Morgan fingerprint density at radius 3 is 1.88 bits per heavy atom. The van der Waals surface area contributed by atoms with Crippen molar-refractivity contribution in [1.29, 1.82) is 0 Å². The second-order valence-electron chi connectivity index (χ2n) is 5.55. The molecule has 1 nitrogen and oxygen atoms in total. The van der Waals surface area contributed by atoms with Gasteiger partial charge in [0.25, 0.3) is 0 Å². The van der Waals surface area contributed by atoms with Crippen LogP contribution in [0.4, 0.5) is 0 Å². The predicted octanol–water partition coefficient (Wildman–Crippen LogP) is 6.08. The largest absolute Gasteiger partial charge is 0.489 e. The summed E-state index contributed by atoms with van der Waals surface area (Å²) >= 11 is 0. The molecule has 0 bridgehead atoms. The number of hydrogen-bond donors (Lipinski definition) is 0. The molecule has 0 radical (unpaired) electrons.